The Bertz CT molecular complexity index is 3240. The van der Waals surface area contributed by atoms with Crippen LogP contribution in [0.25, 0.3) is 87.4 Å². The first kappa shape index (κ1) is 30.4. The summed E-state index contributed by atoms with van der Waals surface area (Å²) in [5, 5.41) is 10.6. The average molecular weight is 689 g/mol. The van der Waals surface area contributed by atoms with Crippen LogP contribution in [0.5, 0.6) is 0 Å². The van der Waals surface area contributed by atoms with E-state index in [4.69, 9.17) is 4.42 Å². The van der Waals surface area contributed by atoms with E-state index in [1.807, 2.05) is 12.3 Å². The predicted molar refractivity (Wildman–Crippen MR) is 227 cm³/mol. The standard InChI is InChI=1S/C51H32N2O/c1-3-19-41-33(11-1)13-9-23-42(41)34-14-7-17-38(27-34)53(40-24-25-50-47(31-40)48-32-49-37(16-10-26-52-49)30-51(48)54-50)39-18-8-15-35(28-39)46-29-36-12-2-4-20-43(36)44-21-5-6-22-45(44)46/h1-32H. The molecule has 0 aliphatic carbocycles. The Hall–Kier alpha value is -7.23. The molecule has 0 bridgehead atoms. The van der Waals surface area contributed by atoms with E-state index in [1.165, 1.54) is 49.0 Å². The number of hydrogen-bond acceptors (Lipinski definition) is 3. The molecule has 11 aromatic rings. The van der Waals surface area contributed by atoms with E-state index in [-0.39, 0.29) is 0 Å². The third-order valence-electron chi connectivity index (χ3n) is 10.8. The highest BCUT2D eigenvalue weighted by atomic mass is 16.3. The zero-order valence-electron chi connectivity index (χ0n) is 29.3. The normalized spacial score (nSPS) is 11.7. The van der Waals surface area contributed by atoms with Gasteiger partial charge in [-0.15, -0.1) is 0 Å². The predicted octanol–water partition coefficient (Wildman–Crippen LogP) is 14.4. The molecule has 11 rings (SSSR count). The molecular weight excluding hydrogens is 657 g/mol. The number of aromatic nitrogens is 1. The number of anilines is 3. The van der Waals surface area contributed by atoms with Crippen molar-refractivity contribution >= 4 is 82.2 Å². The second kappa shape index (κ2) is 12.2. The van der Waals surface area contributed by atoms with Gasteiger partial charge in [0.15, 0.2) is 0 Å². The van der Waals surface area contributed by atoms with E-state index in [0.717, 1.165) is 55.5 Å². The Labute approximate surface area is 312 Å². The van der Waals surface area contributed by atoms with Crippen molar-refractivity contribution in [3.8, 4) is 22.3 Å². The van der Waals surface area contributed by atoms with Crippen LogP contribution >= 0.6 is 0 Å². The Morgan fingerprint density at radius 3 is 1.81 bits per heavy atom. The summed E-state index contributed by atoms with van der Waals surface area (Å²) < 4.78 is 6.43. The minimum atomic E-state index is 0.852. The van der Waals surface area contributed by atoms with E-state index in [1.54, 1.807) is 0 Å². The smallest absolute Gasteiger partial charge is 0.136 e. The molecule has 0 fully saturated rings. The van der Waals surface area contributed by atoms with E-state index < -0.39 is 0 Å². The van der Waals surface area contributed by atoms with Crippen LogP contribution in [-0.4, -0.2) is 4.98 Å². The molecule has 0 unspecified atom stereocenters. The second-order valence-corrected chi connectivity index (χ2v) is 14.0. The molecule has 0 radical (unpaired) electrons. The molecular formula is C51H32N2O. The highest BCUT2D eigenvalue weighted by Crippen LogP contribution is 2.43. The SMILES string of the molecule is c1cc(-c2cccc3ccccc23)cc(N(c2cccc(-c3cc4ccccc4c4ccccc34)c2)c2ccc3oc4cc5cccnc5cc4c3c2)c1. The van der Waals surface area contributed by atoms with E-state index in [9.17, 15) is 0 Å². The lowest BCUT2D eigenvalue weighted by atomic mass is 9.93. The second-order valence-electron chi connectivity index (χ2n) is 14.0. The minimum absolute atomic E-state index is 0.852. The summed E-state index contributed by atoms with van der Waals surface area (Å²) in [5.74, 6) is 0. The van der Waals surface area contributed by atoms with Crippen LogP contribution in [0.2, 0.25) is 0 Å². The average Bonchev–Trinajstić information content (AvgIpc) is 3.59. The Morgan fingerprint density at radius 1 is 0.352 bits per heavy atom. The monoisotopic (exact) mass is 688 g/mol. The lowest BCUT2D eigenvalue weighted by Crippen LogP contribution is -2.10. The van der Waals surface area contributed by atoms with Gasteiger partial charge in [-0.3, -0.25) is 4.98 Å². The zero-order chi connectivity index (χ0) is 35.6. The quantitative estimate of drug-likeness (QED) is 0.169. The molecule has 0 saturated carbocycles. The van der Waals surface area contributed by atoms with Crippen molar-refractivity contribution in [2.45, 2.75) is 0 Å². The molecule has 0 atom stereocenters. The molecule has 0 aliphatic heterocycles. The van der Waals surface area contributed by atoms with Gasteiger partial charge in [0.05, 0.1) is 5.52 Å². The zero-order valence-corrected chi connectivity index (χ0v) is 29.3. The van der Waals surface area contributed by atoms with E-state index in [0.29, 0.717) is 0 Å². The molecule has 0 amide bonds. The first-order valence-corrected chi connectivity index (χ1v) is 18.4. The fourth-order valence-electron chi connectivity index (χ4n) is 8.31. The van der Waals surface area contributed by atoms with Crippen molar-refractivity contribution in [1.82, 2.24) is 4.98 Å². The van der Waals surface area contributed by atoms with Gasteiger partial charge < -0.3 is 9.32 Å². The maximum absolute atomic E-state index is 6.43. The fraction of sp³-hybridized carbons (Fsp3) is 0. The number of fused-ring (bicyclic) bond motifs is 8. The van der Waals surface area contributed by atoms with Crippen molar-refractivity contribution in [3.63, 3.8) is 0 Å². The van der Waals surface area contributed by atoms with Crippen molar-refractivity contribution in [2.75, 3.05) is 4.90 Å². The highest BCUT2D eigenvalue weighted by molar-refractivity contribution is 6.14. The fourth-order valence-corrected chi connectivity index (χ4v) is 8.31. The van der Waals surface area contributed by atoms with Crippen LogP contribution < -0.4 is 4.90 Å². The first-order valence-electron chi connectivity index (χ1n) is 18.4. The third kappa shape index (κ3) is 4.94. The van der Waals surface area contributed by atoms with Crippen LogP contribution in [0, 0.1) is 0 Å². The number of pyridine rings is 1. The lowest BCUT2D eigenvalue weighted by Gasteiger charge is -2.27. The van der Waals surface area contributed by atoms with E-state index >= 15 is 0 Å². The third-order valence-corrected chi connectivity index (χ3v) is 10.8. The molecule has 3 heteroatoms. The Kier molecular flexibility index (Phi) is 6.86. The van der Waals surface area contributed by atoms with Gasteiger partial charge in [-0.2, -0.15) is 0 Å². The van der Waals surface area contributed by atoms with Crippen molar-refractivity contribution < 1.29 is 4.42 Å². The molecule has 0 N–H and O–H groups in total. The number of furan rings is 1. The highest BCUT2D eigenvalue weighted by Gasteiger charge is 2.19. The van der Waals surface area contributed by atoms with Crippen molar-refractivity contribution in [3.05, 3.63) is 194 Å². The van der Waals surface area contributed by atoms with Gasteiger partial charge in [0.1, 0.15) is 11.2 Å². The number of rotatable bonds is 5. The maximum atomic E-state index is 6.43. The molecule has 252 valence electrons. The summed E-state index contributed by atoms with van der Waals surface area (Å²) in [4.78, 5) is 7.03. The molecule has 2 heterocycles. The molecule has 3 nitrogen and oxygen atoms in total. The number of hydrogen-bond donors (Lipinski definition) is 0. The van der Waals surface area contributed by atoms with Crippen molar-refractivity contribution in [2.24, 2.45) is 0 Å². The summed E-state index contributed by atoms with van der Waals surface area (Å²) in [7, 11) is 0. The number of benzene rings is 9. The van der Waals surface area contributed by atoms with Crippen LogP contribution in [0.1, 0.15) is 0 Å². The van der Waals surface area contributed by atoms with Crippen LogP contribution in [0.3, 0.4) is 0 Å². The van der Waals surface area contributed by atoms with Gasteiger partial charge in [-0.25, -0.2) is 0 Å². The van der Waals surface area contributed by atoms with Crippen LogP contribution in [0.15, 0.2) is 199 Å². The van der Waals surface area contributed by atoms with Gasteiger partial charge in [-0.1, -0.05) is 121 Å². The molecule has 54 heavy (non-hydrogen) atoms. The maximum Gasteiger partial charge on any atom is 0.136 e. The lowest BCUT2D eigenvalue weighted by molar-refractivity contribution is 0.669. The summed E-state index contributed by atoms with van der Waals surface area (Å²) in [6, 6.07) is 67.6. The Balaban J connectivity index is 1.14. The van der Waals surface area contributed by atoms with Gasteiger partial charge >= 0.3 is 0 Å². The van der Waals surface area contributed by atoms with E-state index in [2.05, 4.69) is 192 Å². The summed E-state index contributed by atoms with van der Waals surface area (Å²) in [6.45, 7) is 0. The first-order chi connectivity index (χ1) is 26.7. The van der Waals surface area contributed by atoms with Gasteiger partial charge in [-0.05, 0) is 121 Å². The van der Waals surface area contributed by atoms with Crippen LogP contribution in [0.4, 0.5) is 17.1 Å². The van der Waals surface area contributed by atoms with Gasteiger partial charge in [0.25, 0.3) is 0 Å². The molecule has 2 aromatic heterocycles. The van der Waals surface area contributed by atoms with Gasteiger partial charge in [0.2, 0.25) is 0 Å². The summed E-state index contributed by atoms with van der Waals surface area (Å²) in [6.07, 6.45) is 1.85. The summed E-state index contributed by atoms with van der Waals surface area (Å²) in [5.41, 5.74) is 10.6. The topological polar surface area (TPSA) is 29.3 Å². The molecule has 0 aliphatic rings. The molecule has 0 saturated heterocycles. The summed E-state index contributed by atoms with van der Waals surface area (Å²) >= 11 is 0. The Morgan fingerprint density at radius 2 is 0.981 bits per heavy atom. The minimum Gasteiger partial charge on any atom is -0.456 e. The largest absolute Gasteiger partial charge is 0.456 e. The molecule has 9 aromatic carbocycles. The van der Waals surface area contributed by atoms with Crippen LogP contribution in [-0.2, 0) is 0 Å². The molecule has 0 spiro atoms. The van der Waals surface area contributed by atoms with Gasteiger partial charge in [0, 0.05) is 39.4 Å². The van der Waals surface area contributed by atoms with Crippen molar-refractivity contribution in [1.29, 1.82) is 0 Å². The number of nitrogens with zero attached hydrogens (tertiary/aromatic N) is 2.